The Morgan fingerprint density at radius 1 is 1.10 bits per heavy atom. The summed E-state index contributed by atoms with van der Waals surface area (Å²) in [6, 6.07) is 11.1. The normalized spacial score (nSPS) is 16.7. The summed E-state index contributed by atoms with van der Waals surface area (Å²) in [6.45, 7) is 0.791. The van der Waals surface area contributed by atoms with E-state index >= 15 is 0 Å². The molecule has 1 fully saturated rings. The van der Waals surface area contributed by atoms with Crippen LogP contribution in [-0.2, 0) is 24.4 Å². The minimum Gasteiger partial charge on any atom is -0.478 e. The van der Waals surface area contributed by atoms with Gasteiger partial charge >= 0.3 is 5.97 Å². The molecular weight excluding hydrogens is 595 g/mol. The number of aromatic nitrogens is 2. The van der Waals surface area contributed by atoms with Crippen LogP contribution in [0.4, 0.5) is 5.95 Å². The molecule has 0 bridgehead atoms. The van der Waals surface area contributed by atoms with Crippen LogP contribution in [0.5, 0.6) is 0 Å². The summed E-state index contributed by atoms with van der Waals surface area (Å²) >= 11 is 12.8. The molecule has 2 aromatic carbocycles. The maximum absolute atomic E-state index is 13.7. The molecule has 0 spiro atoms. The van der Waals surface area contributed by atoms with Gasteiger partial charge in [0.05, 0.1) is 16.7 Å². The van der Waals surface area contributed by atoms with Gasteiger partial charge in [0.2, 0.25) is 21.6 Å². The number of sulfonamides is 1. The summed E-state index contributed by atoms with van der Waals surface area (Å²) in [5.74, 6) is -1.72. The molecule has 4 rings (SSSR count). The fourth-order valence-electron chi connectivity index (χ4n) is 4.38. The molecule has 3 aromatic rings. The third kappa shape index (κ3) is 7.76. The predicted molar refractivity (Wildman–Crippen MR) is 154 cm³/mol. The number of hydrogen-bond donors (Lipinski definition) is 6. The number of carboxylic acid groups (broad SMARTS) is 1. The van der Waals surface area contributed by atoms with Crippen molar-refractivity contribution in [3.8, 4) is 11.1 Å². The van der Waals surface area contributed by atoms with Gasteiger partial charge in [-0.05, 0) is 48.9 Å². The van der Waals surface area contributed by atoms with E-state index in [1.165, 1.54) is 12.1 Å². The molecule has 1 aliphatic heterocycles. The Labute approximate surface area is 247 Å². The number of benzene rings is 2. The monoisotopic (exact) mass is 624 g/mol. The summed E-state index contributed by atoms with van der Waals surface area (Å²) in [5, 5.41) is 15.4. The van der Waals surface area contributed by atoms with Gasteiger partial charge in [0.1, 0.15) is 10.9 Å². The van der Waals surface area contributed by atoms with Crippen molar-refractivity contribution in [3.05, 3.63) is 64.9 Å². The van der Waals surface area contributed by atoms with Gasteiger partial charge in [-0.3, -0.25) is 4.79 Å². The van der Waals surface area contributed by atoms with E-state index in [-0.39, 0.29) is 35.9 Å². The van der Waals surface area contributed by atoms with Crippen molar-refractivity contribution in [3.63, 3.8) is 0 Å². The molecular formula is C26H30Cl2N6O6S. The number of rotatable bonds is 14. The third-order valence-electron chi connectivity index (χ3n) is 6.45. The number of nitrogens with one attached hydrogen (secondary N) is 5. The van der Waals surface area contributed by atoms with E-state index in [0.717, 1.165) is 5.56 Å². The molecule has 2 atom stereocenters. The first-order valence-corrected chi connectivity index (χ1v) is 15.1. The lowest BCUT2D eigenvalue weighted by Gasteiger charge is -2.32. The molecule has 12 nitrogen and oxygen atoms in total. The quantitative estimate of drug-likeness (QED) is 0.116. The molecule has 15 heteroatoms. The van der Waals surface area contributed by atoms with Crippen LogP contribution < -0.4 is 20.8 Å². The molecule has 2 unspecified atom stereocenters. The number of anilines is 1. The predicted octanol–water partition coefficient (Wildman–Crippen LogP) is 3.52. The van der Waals surface area contributed by atoms with Gasteiger partial charge in [-0.1, -0.05) is 60.0 Å². The number of hydroxylamine groups is 1. The third-order valence-corrected chi connectivity index (χ3v) is 8.87. The van der Waals surface area contributed by atoms with Crippen LogP contribution in [0, 0.1) is 0 Å². The fourth-order valence-corrected chi connectivity index (χ4v) is 6.90. The van der Waals surface area contributed by atoms with E-state index in [4.69, 9.17) is 28.0 Å². The second kappa shape index (κ2) is 13.6. The summed E-state index contributed by atoms with van der Waals surface area (Å²) in [7, 11) is -4.66. The summed E-state index contributed by atoms with van der Waals surface area (Å²) in [6.07, 6.45) is 4.74. The Kier molecular flexibility index (Phi) is 10.2. The highest BCUT2D eigenvalue weighted by atomic mass is 35.5. The number of aliphatic carboxylic acids is 1. The van der Waals surface area contributed by atoms with E-state index in [2.05, 4.69) is 30.8 Å². The second-order valence-corrected chi connectivity index (χ2v) is 11.9. The zero-order valence-electron chi connectivity index (χ0n) is 21.8. The van der Waals surface area contributed by atoms with Gasteiger partial charge in [-0.25, -0.2) is 18.2 Å². The van der Waals surface area contributed by atoms with Crippen molar-refractivity contribution in [2.45, 2.75) is 48.7 Å². The van der Waals surface area contributed by atoms with E-state index in [1.54, 1.807) is 12.4 Å². The lowest BCUT2D eigenvalue weighted by molar-refractivity contribution is -0.149. The molecule has 1 aliphatic rings. The number of carboxylic acids is 1. The van der Waals surface area contributed by atoms with Crippen molar-refractivity contribution >= 4 is 51.0 Å². The van der Waals surface area contributed by atoms with Crippen LogP contribution in [-0.4, -0.2) is 60.2 Å². The number of aromatic amines is 1. The zero-order chi connectivity index (χ0) is 29.5. The van der Waals surface area contributed by atoms with Crippen LogP contribution in [0.1, 0.15) is 32.1 Å². The van der Waals surface area contributed by atoms with Crippen LogP contribution in [0.15, 0.2) is 59.8 Å². The van der Waals surface area contributed by atoms with Gasteiger partial charge in [0, 0.05) is 18.9 Å². The number of halogens is 2. The molecule has 2 heterocycles. The first-order valence-electron chi connectivity index (χ1n) is 12.9. The fraction of sp³-hybridized carbons (Fsp3) is 0.346. The SMILES string of the molecule is O=C(NC(CCCCCNc1ncc[nH]1)(NS(=O)(=O)c1c(Cl)cc(-c2ccccc2)cc1Cl)C(=O)O)C1CCON1. The first-order chi connectivity index (χ1) is 19.6. The topological polar surface area (TPSA) is 175 Å². The Bertz CT molecular complexity index is 1430. The van der Waals surface area contributed by atoms with E-state index < -0.39 is 38.5 Å². The molecule has 220 valence electrons. The Balaban J connectivity index is 1.56. The van der Waals surface area contributed by atoms with Crippen molar-refractivity contribution in [1.82, 2.24) is 25.5 Å². The summed E-state index contributed by atoms with van der Waals surface area (Å²) in [4.78, 5) is 37.1. The number of imidazole rings is 1. The van der Waals surface area contributed by atoms with Crippen molar-refractivity contribution < 1.29 is 28.0 Å². The van der Waals surface area contributed by atoms with Crippen LogP contribution in [0.25, 0.3) is 11.1 Å². The molecule has 1 saturated heterocycles. The maximum atomic E-state index is 13.7. The van der Waals surface area contributed by atoms with E-state index in [0.29, 0.717) is 30.9 Å². The van der Waals surface area contributed by atoms with Crippen LogP contribution in [0.2, 0.25) is 10.0 Å². The largest absolute Gasteiger partial charge is 0.478 e. The number of amides is 1. The molecule has 6 N–H and O–H groups in total. The minimum absolute atomic E-state index is 0.204. The Morgan fingerprint density at radius 3 is 2.44 bits per heavy atom. The lowest BCUT2D eigenvalue weighted by atomic mass is 10.0. The van der Waals surface area contributed by atoms with Gasteiger partial charge < -0.3 is 25.6 Å². The average Bonchev–Trinajstić information content (AvgIpc) is 3.65. The van der Waals surface area contributed by atoms with Crippen molar-refractivity contribution in [2.24, 2.45) is 0 Å². The van der Waals surface area contributed by atoms with Crippen molar-refractivity contribution in [2.75, 3.05) is 18.5 Å². The average molecular weight is 626 g/mol. The number of H-pyrrole nitrogens is 1. The van der Waals surface area contributed by atoms with Gasteiger partial charge in [-0.15, -0.1) is 0 Å². The second-order valence-electron chi connectivity index (χ2n) is 9.42. The van der Waals surface area contributed by atoms with Crippen LogP contribution in [0.3, 0.4) is 0 Å². The molecule has 0 aliphatic carbocycles. The Morgan fingerprint density at radius 2 is 1.83 bits per heavy atom. The van der Waals surface area contributed by atoms with Gasteiger partial charge in [-0.2, -0.15) is 10.2 Å². The number of carbonyl (C=O) groups excluding carboxylic acids is 1. The molecule has 1 amide bonds. The maximum Gasteiger partial charge on any atom is 0.345 e. The number of carbonyl (C=O) groups is 2. The van der Waals surface area contributed by atoms with E-state index in [9.17, 15) is 23.1 Å². The number of unbranched alkanes of at least 4 members (excludes halogenated alkanes) is 2. The number of nitrogens with zero attached hydrogens (tertiary/aromatic N) is 1. The minimum atomic E-state index is -4.66. The molecule has 41 heavy (non-hydrogen) atoms. The molecule has 1 aromatic heterocycles. The summed E-state index contributed by atoms with van der Waals surface area (Å²) < 4.78 is 29.5. The van der Waals surface area contributed by atoms with E-state index in [1.807, 2.05) is 30.3 Å². The summed E-state index contributed by atoms with van der Waals surface area (Å²) in [5.41, 5.74) is 1.45. The molecule has 0 radical (unpaired) electrons. The Hall–Kier alpha value is -3.20. The highest BCUT2D eigenvalue weighted by Gasteiger charge is 2.46. The highest BCUT2D eigenvalue weighted by Crippen LogP contribution is 2.35. The number of hydrogen-bond acceptors (Lipinski definition) is 8. The van der Waals surface area contributed by atoms with Gasteiger partial charge in [0.15, 0.2) is 5.95 Å². The molecule has 0 saturated carbocycles. The van der Waals surface area contributed by atoms with Crippen molar-refractivity contribution in [1.29, 1.82) is 0 Å². The first kappa shape index (κ1) is 30.8. The van der Waals surface area contributed by atoms with Gasteiger partial charge in [0.25, 0.3) is 0 Å². The standard InChI is InChI=1S/C26H30Cl2N6O6S/c27-19-15-18(17-7-3-1-4-8-17)16-20(28)22(19)41(38,39)34-26(24(36)37,32-23(35)21-9-14-40-33-21)10-5-2-6-11-29-25-30-12-13-31-25/h1,3-4,7-8,12-13,15-16,21,33-34H,2,5-6,9-11,14H2,(H,32,35)(H,36,37)(H2,29,30,31). The van der Waals surface area contributed by atoms with Crippen LogP contribution >= 0.6 is 23.2 Å². The smallest absolute Gasteiger partial charge is 0.345 e. The highest BCUT2D eigenvalue weighted by molar-refractivity contribution is 7.89. The zero-order valence-corrected chi connectivity index (χ0v) is 24.2. The lowest BCUT2D eigenvalue weighted by Crippen LogP contribution is -2.67.